The Bertz CT molecular complexity index is 602. The summed E-state index contributed by atoms with van der Waals surface area (Å²) >= 11 is -1.82. The molecule has 3 heteroatoms. The Hall–Kier alpha value is -0.487. The average molecular weight is 398 g/mol. The Labute approximate surface area is 147 Å². The second-order valence-electron chi connectivity index (χ2n) is 5.01. The number of benzene rings is 1. The largest absolute Gasteiger partial charge is 0.147 e. The van der Waals surface area contributed by atoms with Crippen molar-refractivity contribution >= 4 is 28.0 Å². The molecule has 0 saturated carbocycles. The molecule has 1 aromatic rings. The maximum atomic E-state index is 2.38. The van der Waals surface area contributed by atoms with Crippen LogP contribution < -0.4 is 0 Å². The molecule has 0 N–H and O–H groups in total. The molecule has 0 bridgehead atoms. The van der Waals surface area contributed by atoms with Gasteiger partial charge >= 0.3 is 123 Å². The fraction of sp³-hybridized carbons (Fsp3) is 0.167. The summed E-state index contributed by atoms with van der Waals surface area (Å²) < 4.78 is 5.10. The van der Waals surface area contributed by atoms with Crippen molar-refractivity contribution in [2.45, 2.75) is 19.8 Å². The SMILES string of the molecule is C[C](c1ccccc1)=[Zr]([C]1=CC=CC1)[C]1=CC=CC1.Cl.Cl. The van der Waals surface area contributed by atoms with Gasteiger partial charge in [0.1, 0.15) is 0 Å². The number of hydrogen-bond acceptors (Lipinski definition) is 0. The van der Waals surface area contributed by atoms with Crippen molar-refractivity contribution in [3.05, 3.63) is 78.9 Å². The van der Waals surface area contributed by atoms with Crippen LogP contribution in [0.2, 0.25) is 0 Å². The molecule has 1 aromatic carbocycles. The van der Waals surface area contributed by atoms with Gasteiger partial charge in [0.25, 0.3) is 0 Å². The van der Waals surface area contributed by atoms with Gasteiger partial charge in [-0.2, -0.15) is 0 Å². The maximum absolute atomic E-state index is 2.38. The summed E-state index contributed by atoms with van der Waals surface area (Å²) in [4.78, 5) is 0. The van der Waals surface area contributed by atoms with Gasteiger partial charge in [0.2, 0.25) is 0 Å². The van der Waals surface area contributed by atoms with E-state index in [0.29, 0.717) is 0 Å². The second kappa shape index (κ2) is 8.83. The molecule has 0 radical (unpaired) electrons. The van der Waals surface area contributed by atoms with Crippen LogP contribution in [0.3, 0.4) is 0 Å². The van der Waals surface area contributed by atoms with Gasteiger partial charge < -0.3 is 0 Å². The van der Waals surface area contributed by atoms with Gasteiger partial charge in [-0.25, -0.2) is 0 Å². The Kier molecular flexibility index (Phi) is 7.81. The molecule has 0 spiro atoms. The van der Waals surface area contributed by atoms with Crippen molar-refractivity contribution in [1.82, 2.24) is 0 Å². The van der Waals surface area contributed by atoms with Gasteiger partial charge in [0.05, 0.1) is 0 Å². The first-order valence-corrected chi connectivity index (χ1v) is 10.5. The molecule has 21 heavy (non-hydrogen) atoms. The molecule has 2 aliphatic carbocycles. The summed E-state index contributed by atoms with van der Waals surface area (Å²) in [7, 11) is 0. The van der Waals surface area contributed by atoms with E-state index in [1.165, 1.54) is 18.4 Å². The van der Waals surface area contributed by atoms with Crippen molar-refractivity contribution < 1.29 is 21.3 Å². The zero-order valence-corrected chi connectivity index (χ0v) is 16.2. The van der Waals surface area contributed by atoms with Crippen molar-refractivity contribution in [2.75, 3.05) is 0 Å². The van der Waals surface area contributed by atoms with E-state index < -0.39 is 21.3 Å². The summed E-state index contributed by atoms with van der Waals surface area (Å²) in [5.74, 6) is 0. The van der Waals surface area contributed by atoms with Gasteiger partial charge in [-0.3, -0.25) is 0 Å². The Balaban J connectivity index is 0.00000110. The average Bonchev–Trinajstić information content (AvgIpc) is 3.13. The molecule has 0 aliphatic heterocycles. The third-order valence-electron chi connectivity index (χ3n) is 3.77. The van der Waals surface area contributed by atoms with E-state index >= 15 is 0 Å². The van der Waals surface area contributed by atoms with Crippen LogP contribution in [0.15, 0.2) is 73.3 Å². The molecule has 2 aliphatic rings. The maximum Gasteiger partial charge on any atom is -0.147 e. The minimum absolute atomic E-state index is 0. The molecular formula is C18H20Cl2Zr. The summed E-state index contributed by atoms with van der Waals surface area (Å²) in [6.45, 7) is 2.36. The molecule has 0 aromatic heterocycles. The quantitative estimate of drug-likeness (QED) is 0.642. The summed E-state index contributed by atoms with van der Waals surface area (Å²) in [6.07, 6.45) is 16.2. The van der Waals surface area contributed by atoms with Crippen LogP contribution in [0.5, 0.6) is 0 Å². The third kappa shape index (κ3) is 4.25. The van der Waals surface area contributed by atoms with Crippen LogP contribution in [0.4, 0.5) is 0 Å². The monoisotopic (exact) mass is 396 g/mol. The van der Waals surface area contributed by atoms with Crippen LogP contribution in [0.25, 0.3) is 0 Å². The van der Waals surface area contributed by atoms with E-state index in [0.717, 1.165) is 0 Å². The van der Waals surface area contributed by atoms with Crippen molar-refractivity contribution in [3.63, 3.8) is 0 Å². The first-order valence-electron chi connectivity index (χ1n) is 6.84. The van der Waals surface area contributed by atoms with Gasteiger partial charge in [0.15, 0.2) is 0 Å². The summed E-state index contributed by atoms with van der Waals surface area (Å²) in [6, 6.07) is 10.9. The summed E-state index contributed by atoms with van der Waals surface area (Å²) in [5.41, 5.74) is 1.44. The van der Waals surface area contributed by atoms with E-state index in [1.807, 2.05) is 0 Å². The van der Waals surface area contributed by atoms with E-state index in [9.17, 15) is 0 Å². The van der Waals surface area contributed by atoms with Crippen LogP contribution >= 0.6 is 24.8 Å². The van der Waals surface area contributed by atoms with Crippen LogP contribution in [0.1, 0.15) is 25.3 Å². The fourth-order valence-electron chi connectivity index (χ4n) is 2.79. The molecular weight excluding hydrogens is 378 g/mol. The van der Waals surface area contributed by atoms with Gasteiger partial charge in [-0.05, 0) is 0 Å². The minimum Gasteiger partial charge on any atom is -0.147 e. The minimum atomic E-state index is -1.82. The molecule has 0 fully saturated rings. The number of allylic oxidation sites excluding steroid dienone is 8. The predicted molar refractivity (Wildman–Crippen MR) is 94.4 cm³/mol. The van der Waals surface area contributed by atoms with Gasteiger partial charge in [-0.1, -0.05) is 0 Å². The normalized spacial score (nSPS) is 14.9. The number of rotatable bonds is 3. The molecule has 0 nitrogen and oxygen atoms in total. The Morgan fingerprint density at radius 1 is 0.857 bits per heavy atom. The van der Waals surface area contributed by atoms with E-state index in [-0.39, 0.29) is 24.8 Å². The topological polar surface area (TPSA) is 0 Å². The first kappa shape index (κ1) is 18.6. The molecule has 0 amide bonds. The fourth-order valence-corrected chi connectivity index (χ4v) is 10.2. The van der Waals surface area contributed by atoms with Gasteiger partial charge in [-0.15, -0.1) is 24.8 Å². The molecule has 0 atom stereocenters. The molecule has 0 unspecified atom stereocenters. The summed E-state index contributed by atoms with van der Waals surface area (Å²) in [5, 5.41) is 0. The molecule has 0 heterocycles. The third-order valence-corrected chi connectivity index (χ3v) is 11.3. The van der Waals surface area contributed by atoms with E-state index in [2.05, 4.69) is 73.7 Å². The van der Waals surface area contributed by atoms with Crippen LogP contribution in [0, 0.1) is 0 Å². The predicted octanol–water partition coefficient (Wildman–Crippen LogP) is 5.38. The van der Waals surface area contributed by atoms with Crippen molar-refractivity contribution in [2.24, 2.45) is 0 Å². The Morgan fingerprint density at radius 3 is 1.81 bits per heavy atom. The van der Waals surface area contributed by atoms with Crippen molar-refractivity contribution in [1.29, 1.82) is 0 Å². The van der Waals surface area contributed by atoms with Gasteiger partial charge in [0, 0.05) is 0 Å². The van der Waals surface area contributed by atoms with Crippen LogP contribution in [-0.4, -0.2) is 3.21 Å². The Morgan fingerprint density at radius 2 is 1.38 bits per heavy atom. The first-order chi connectivity index (χ1) is 9.36. The van der Waals surface area contributed by atoms with Crippen LogP contribution in [-0.2, 0) is 21.3 Å². The molecule has 110 valence electrons. The van der Waals surface area contributed by atoms with E-state index in [4.69, 9.17) is 0 Å². The number of halogens is 2. The number of hydrogen-bond donors (Lipinski definition) is 0. The zero-order valence-electron chi connectivity index (χ0n) is 12.1. The molecule has 0 saturated heterocycles. The standard InChI is InChI=1S/C8H8.2C5H5.2ClH.Zr/c1-2-8-6-4-3-5-7-8;2*1-2-4-5-3-1;;;/h3-7H,1H3;2*1-3H,4H2;2*1H;. The molecule has 3 rings (SSSR count). The van der Waals surface area contributed by atoms with E-state index in [1.54, 1.807) is 9.77 Å². The zero-order chi connectivity index (χ0) is 13.1. The van der Waals surface area contributed by atoms with Crippen molar-refractivity contribution in [3.8, 4) is 0 Å². The second-order valence-corrected chi connectivity index (χ2v) is 11.9. The smallest absolute Gasteiger partial charge is 0.147 e.